The van der Waals surface area contributed by atoms with E-state index in [4.69, 9.17) is 0 Å². The van der Waals surface area contributed by atoms with Gasteiger partial charge in [0.05, 0.1) is 0 Å². The Hall–Kier alpha value is -6.69. The van der Waals surface area contributed by atoms with Crippen LogP contribution in [0.3, 0.4) is 0 Å². The van der Waals surface area contributed by atoms with Gasteiger partial charge in [-0.2, -0.15) is 0 Å². The number of hydrogen-bond donors (Lipinski definition) is 0. The van der Waals surface area contributed by atoms with E-state index in [0.717, 1.165) is 24.0 Å². The Morgan fingerprint density at radius 2 is 0.818 bits per heavy atom. The minimum atomic E-state index is -2.39. The molecule has 9 rings (SSSR count). The first kappa shape index (κ1) is 44.5. The van der Waals surface area contributed by atoms with Gasteiger partial charge in [-0.05, 0) is 45.2 Å². The van der Waals surface area contributed by atoms with Crippen LogP contribution in [-0.2, 0) is 17.9 Å². The second-order valence-electron chi connectivity index (χ2n) is 16.7. The van der Waals surface area contributed by atoms with Gasteiger partial charge in [-0.3, -0.25) is 0 Å². The summed E-state index contributed by atoms with van der Waals surface area (Å²) in [7, 11) is -2.39. The van der Waals surface area contributed by atoms with Gasteiger partial charge in [-0.15, -0.1) is 0 Å². The van der Waals surface area contributed by atoms with Crippen molar-refractivity contribution in [1.82, 2.24) is 0 Å². The molecule has 0 atom stereocenters. The maximum atomic E-state index is 3.90. The summed E-state index contributed by atoms with van der Waals surface area (Å²) >= 11 is 1.85. The van der Waals surface area contributed by atoms with Crippen molar-refractivity contribution in [3.8, 4) is 4.37 Å². The SMILES string of the molecule is CC=C1CCCC1=CC(/C=C/c1ccc(/C=C/c2c3ccccc3c(/C=C/c3ccc(/C=C/C)cc3)c3ccccc23)cc1)=C([C]#[Os])[P+](c1ccccc1)(c1ccccc1)c1ccccc1. The van der Waals surface area contributed by atoms with Crippen molar-refractivity contribution in [2.24, 2.45) is 0 Å². The second kappa shape index (κ2) is 21.1. The fourth-order valence-corrected chi connectivity index (χ4v) is 15.3. The predicted octanol–water partition coefficient (Wildman–Crippen LogP) is 16.2. The van der Waals surface area contributed by atoms with Crippen LogP contribution in [0.2, 0.25) is 0 Å². The molecule has 66 heavy (non-hydrogen) atoms. The first-order valence-corrected chi connectivity index (χ1v) is 26.0. The van der Waals surface area contributed by atoms with Gasteiger partial charge < -0.3 is 0 Å². The number of allylic oxidation sites excluding steroid dienone is 8. The summed E-state index contributed by atoms with van der Waals surface area (Å²) in [6, 6.07) is 68.8. The van der Waals surface area contributed by atoms with Gasteiger partial charge in [0, 0.05) is 0 Å². The number of fused-ring (bicyclic) bond motifs is 2. The van der Waals surface area contributed by atoms with Gasteiger partial charge in [0.25, 0.3) is 0 Å². The summed E-state index contributed by atoms with van der Waals surface area (Å²) in [5.41, 5.74) is 11.3. The zero-order chi connectivity index (χ0) is 45.1. The predicted molar refractivity (Wildman–Crippen MR) is 288 cm³/mol. The zero-order valence-electron chi connectivity index (χ0n) is 37.6. The molecule has 0 unspecified atom stereocenters. The van der Waals surface area contributed by atoms with Crippen molar-refractivity contribution in [3.05, 3.63) is 268 Å². The Morgan fingerprint density at radius 1 is 0.439 bits per heavy atom. The van der Waals surface area contributed by atoms with Crippen LogP contribution in [0.4, 0.5) is 0 Å². The average Bonchev–Trinajstić information content (AvgIpc) is 3.84. The van der Waals surface area contributed by atoms with Gasteiger partial charge in [-0.25, -0.2) is 0 Å². The van der Waals surface area contributed by atoms with Gasteiger partial charge in [0.15, 0.2) is 0 Å². The Kier molecular flexibility index (Phi) is 14.2. The van der Waals surface area contributed by atoms with E-state index in [-0.39, 0.29) is 0 Å². The molecule has 1 fully saturated rings. The molecule has 1 aliphatic rings. The molecule has 0 aliphatic heterocycles. The van der Waals surface area contributed by atoms with E-state index in [9.17, 15) is 0 Å². The van der Waals surface area contributed by atoms with E-state index in [1.54, 1.807) is 0 Å². The number of rotatable bonds is 12. The van der Waals surface area contributed by atoms with Gasteiger partial charge in [0.1, 0.15) is 0 Å². The van der Waals surface area contributed by atoms with Crippen molar-refractivity contribution in [3.63, 3.8) is 0 Å². The van der Waals surface area contributed by atoms with E-state index in [1.165, 1.54) is 88.2 Å². The fraction of sp³-hybridized carbons (Fsp3) is 0.0781. The number of benzene rings is 8. The van der Waals surface area contributed by atoms with Crippen LogP contribution in [-0.4, -0.2) is 0 Å². The molecule has 321 valence electrons. The molecule has 0 bridgehead atoms. The van der Waals surface area contributed by atoms with E-state index in [1.807, 2.05) is 17.9 Å². The third-order valence-corrected chi connectivity index (χ3v) is 18.1. The molecule has 1 aliphatic carbocycles. The molecular weight excluding hydrogens is 990 g/mol. The number of hydrogen-bond acceptors (Lipinski definition) is 0. The van der Waals surface area contributed by atoms with E-state index in [2.05, 4.69) is 267 Å². The summed E-state index contributed by atoms with van der Waals surface area (Å²) in [5.74, 6) is 0. The second-order valence-corrected chi connectivity index (χ2v) is 20.6. The Bertz CT molecular complexity index is 3090. The molecule has 8 aromatic carbocycles. The summed E-state index contributed by atoms with van der Waals surface area (Å²) in [6.45, 7) is 4.24. The normalized spacial score (nSPS) is 15.0. The first-order chi connectivity index (χ1) is 32.6. The quantitative estimate of drug-likeness (QED) is 0.0495. The summed E-state index contributed by atoms with van der Waals surface area (Å²) in [4.78, 5) is 0. The maximum absolute atomic E-state index is 3.90. The summed E-state index contributed by atoms with van der Waals surface area (Å²) in [5, 5.41) is 10.2. The molecular formula is C64H53OsP+. The minimum absolute atomic E-state index is 1.08. The Labute approximate surface area is 401 Å². The molecule has 0 heterocycles. The van der Waals surface area contributed by atoms with Crippen molar-refractivity contribution < 1.29 is 17.9 Å². The van der Waals surface area contributed by atoms with E-state index >= 15 is 0 Å². The molecule has 2 heteroatoms. The molecule has 0 nitrogen and oxygen atoms in total. The van der Waals surface area contributed by atoms with Crippen LogP contribution in [0, 0.1) is 4.37 Å². The van der Waals surface area contributed by atoms with Crippen LogP contribution >= 0.6 is 7.26 Å². The standard InChI is InChI=1S/C64H53P.Os/c1-4-20-49-33-35-51(36-34-49)42-45-63-59-29-15-17-31-61(59)64(62-32-18-16-30-60(62)63)46-43-52-39-37-50(38-40-52)41-44-54(47-55-22-19-21-53(55)5-2)48(3)65(56-23-9-6-10-24-56,57-25-11-7-12-26-57)58-27-13-8-14-28-58;/h4-18,20,23-47H,19,21-22H2,1-2H3;/q+1;/b20-4+,44-41+,45-42+,46-43+,53-5?,54-48?,55-47?;. The van der Waals surface area contributed by atoms with Crippen molar-refractivity contribution >= 4 is 81.2 Å². The molecule has 0 N–H and O–H groups in total. The van der Waals surface area contributed by atoms with E-state index < -0.39 is 7.26 Å². The summed E-state index contributed by atoms with van der Waals surface area (Å²) < 4.78 is 3.90. The summed E-state index contributed by atoms with van der Waals surface area (Å²) in [6.07, 6.45) is 26.1. The van der Waals surface area contributed by atoms with Crippen molar-refractivity contribution in [2.75, 3.05) is 0 Å². The zero-order valence-corrected chi connectivity index (χ0v) is 41.0. The van der Waals surface area contributed by atoms with Crippen LogP contribution in [0.15, 0.2) is 234 Å². The topological polar surface area (TPSA) is 0 Å². The first-order valence-electron chi connectivity index (χ1n) is 22.9. The Balaban J connectivity index is 1.11. The molecule has 0 spiro atoms. The average molecular weight is 1040 g/mol. The third-order valence-electron chi connectivity index (χ3n) is 12.7. The van der Waals surface area contributed by atoms with Gasteiger partial charge in [-0.1, -0.05) is 97.1 Å². The molecule has 0 aromatic heterocycles. The monoisotopic (exact) mass is 1040 g/mol. The third kappa shape index (κ3) is 9.36. The van der Waals surface area contributed by atoms with Crippen LogP contribution in [0.25, 0.3) is 58.0 Å². The van der Waals surface area contributed by atoms with Gasteiger partial charge >= 0.3 is 262 Å². The molecule has 1 saturated carbocycles. The van der Waals surface area contributed by atoms with Crippen molar-refractivity contribution in [1.29, 1.82) is 0 Å². The van der Waals surface area contributed by atoms with E-state index in [0.29, 0.717) is 0 Å². The fourth-order valence-electron chi connectivity index (χ4n) is 9.49. The molecule has 0 saturated heterocycles. The molecule has 0 radical (unpaired) electrons. The van der Waals surface area contributed by atoms with Crippen LogP contribution < -0.4 is 15.9 Å². The van der Waals surface area contributed by atoms with Crippen molar-refractivity contribution in [2.45, 2.75) is 33.1 Å². The van der Waals surface area contributed by atoms with Crippen LogP contribution in [0.1, 0.15) is 66.5 Å². The Morgan fingerprint density at radius 3 is 1.21 bits per heavy atom. The van der Waals surface area contributed by atoms with Gasteiger partial charge in [0.2, 0.25) is 0 Å². The molecule has 8 aromatic rings. The molecule has 0 amide bonds. The van der Waals surface area contributed by atoms with Crippen LogP contribution in [0.5, 0.6) is 0 Å².